The van der Waals surface area contributed by atoms with Crippen LogP contribution in [0, 0.1) is 12.8 Å². The third kappa shape index (κ3) is 5.16. The molecule has 3 aromatic heterocycles. The number of aliphatic imine (C=N–C) groups is 1. The molecule has 2 atom stereocenters. The van der Waals surface area contributed by atoms with E-state index in [4.69, 9.17) is 9.47 Å². The number of methoxy groups -OCH3 is 1. The van der Waals surface area contributed by atoms with Crippen LogP contribution >= 0.6 is 11.3 Å². The molecule has 2 N–H and O–H groups in total. The van der Waals surface area contributed by atoms with Crippen molar-refractivity contribution < 1.29 is 27.4 Å². The van der Waals surface area contributed by atoms with Crippen LogP contribution in [0.25, 0.3) is 10.3 Å². The van der Waals surface area contributed by atoms with Crippen molar-refractivity contribution in [2.24, 2.45) is 10.9 Å². The van der Waals surface area contributed by atoms with E-state index in [2.05, 4.69) is 35.8 Å². The van der Waals surface area contributed by atoms with Crippen molar-refractivity contribution in [2.45, 2.75) is 39.5 Å². The summed E-state index contributed by atoms with van der Waals surface area (Å²) in [6.07, 6.45) is -1.80. The summed E-state index contributed by atoms with van der Waals surface area (Å²) in [4.78, 5) is 27.3. The fourth-order valence-electron chi connectivity index (χ4n) is 3.69. The highest BCUT2D eigenvalue weighted by molar-refractivity contribution is 7.18. The molecule has 0 radical (unpaired) electrons. The first-order valence-electron chi connectivity index (χ1n) is 10.9. The predicted molar refractivity (Wildman–Crippen MR) is 125 cm³/mol. The van der Waals surface area contributed by atoms with Crippen molar-refractivity contribution in [1.82, 2.24) is 30.3 Å². The number of hydrogen-bond acceptors (Lipinski definition) is 9. The van der Waals surface area contributed by atoms with Gasteiger partial charge in [-0.25, -0.2) is 14.8 Å². The van der Waals surface area contributed by atoms with Gasteiger partial charge in [-0.2, -0.15) is 28.4 Å². The van der Waals surface area contributed by atoms with Gasteiger partial charge in [0.25, 0.3) is 0 Å². The van der Waals surface area contributed by atoms with E-state index < -0.39 is 36.5 Å². The maximum atomic E-state index is 13.9. The number of carbonyl (C=O) groups is 1. The van der Waals surface area contributed by atoms with Crippen LogP contribution in [0.1, 0.15) is 36.9 Å². The number of allylic oxidation sites excluding steroid dienone is 1. The van der Waals surface area contributed by atoms with Crippen LogP contribution in [0.3, 0.4) is 0 Å². The third-order valence-corrected chi connectivity index (χ3v) is 6.22. The summed E-state index contributed by atoms with van der Waals surface area (Å²) in [5.74, 6) is -2.68. The number of nitrogens with one attached hydrogen (secondary N) is 2. The number of urea groups is 1. The van der Waals surface area contributed by atoms with Crippen LogP contribution in [0.4, 0.5) is 23.7 Å². The van der Waals surface area contributed by atoms with Gasteiger partial charge < -0.3 is 20.1 Å². The smallest absolute Gasteiger partial charge is 0.399 e. The van der Waals surface area contributed by atoms with Gasteiger partial charge in [0.1, 0.15) is 16.3 Å². The number of anilines is 1. The van der Waals surface area contributed by atoms with Gasteiger partial charge in [-0.1, -0.05) is 11.3 Å². The fourth-order valence-corrected chi connectivity index (χ4v) is 4.47. The second-order valence-corrected chi connectivity index (χ2v) is 8.91. The number of aromatic nitrogens is 5. The number of nitrogens with zero attached hydrogens (tertiary/aromatic N) is 6. The Morgan fingerprint density at radius 2 is 2.03 bits per heavy atom. The second-order valence-electron chi connectivity index (χ2n) is 7.73. The maximum absolute atomic E-state index is 13.9. The standard InChI is InChI=1S/C21H23F3N8O3S/c1-5-35-18-13(8-12(21(22,23)24)17(31-18)32-26-6-7-27-32)29-20(33)30-14-9-25-19-16(28-11(3)36-19)15(14)10(2)34-4/h6-7,9-10,12H,5,8H2,1-4H3,(H2,29,30,33)/t10-,12?/m0/s1. The van der Waals surface area contributed by atoms with E-state index in [1.54, 1.807) is 13.8 Å². The first-order valence-corrected chi connectivity index (χ1v) is 11.7. The highest BCUT2D eigenvalue weighted by Crippen LogP contribution is 2.37. The predicted octanol–water partition coefficient (Wildman–Crippen LogP) is 4.15. The number of halogens is 3. The van der Waals surface area contributed by atoms with Crippen molar-refractivity contribution in [3.05, 3.63) is 40.7 Å². The first kappa shape index (κ1) is 25.5. The molecule has 4 rings (SSSR count). The van der Waals surface area contributed by atoms with Crippen LogP contribution in [0.2, 0.25) is 0 Å². The number of rotatable bonds is 6. The molecule has 1 aliphatic heterocycles. The van der Waals surface area contributed by atoms with E-state index in [9.17, 15) is 18.0 Å². The van der Waals surface area contributed by atoms with Crippen LogP contribution in [0.15, 0.2) is 35.2 Å². The van der Waals surface area contributed by atoms with Crippen LogP contribution < -0.4 is 10.6 Å². The summed E-state index contributed by atoms with van der Waals surface area (Å²) >= 11 is 1.39. The number of hydrogen-bond donors (Lipinski definition) is 2. The molecule has 0 saturated heterocycles. The van der Waals surface area contributed by atoms with Crippen LogP contribution in [-0.4, -0.2) is 56.7 Å². The number of carbonyl (C=O) groups excluding carboxylic acids is 1. The lowest BCUT2D eigenvalue weighted by molar-refractivity contribution is -0.156. The van der Waals surface area contributed by atoms with Gasteiger partial charge in [0.2, 0.25) is 5.88 Å². The zero-order chi connectivity index (χ0) is 26.0. The van der Waals surface area contributed by atoms with E-state index >= 15 is 0 Å². The Balaban J connectivity index is 1.67. The zero-order valence-electron chi connectivity index (χ0n) is 19.8. The normalized spacial score (nSPS) is 17.2. The number of amides is 2. The molecule has 192 valence electrons. The second kappa shape index (κ2) is 10.2. The Bertz CT molecular complexity index is 1320. The van der Waals surface area contributed by atoms with E-state index in [1.807, 2.05) is 6.92 Å². The molecule has 0 bridgehead atoms. The average molecular weight is 525 g/mol. The topological polar surface area (TPSA) is 128 Å². The van der Waals surface area contributed by atoms with E-state index in [0.29, 0.717) is 21.6 Å². The van der Waals surface area contributed by atoms with Gasteiger partial charge in [-0.15, -0.1) is 4.80 Å². The largest absolute Gasteiger partial charge is 0.477 e. The molecule has 0 spiro atoms. The molecule has 36 heavy (non-hydrogen) atoms. The molecule has 15 heteroatoms. The molecule has 0 aromatic carbocycles. The Morgan fingerprint density at radius 1 is 1.31 bits per heavy atom. The lowest BCUT2D eigenvalue weighted by Gasteiger charge is -2.27. The number of alkyl halides is 3. The van der Waals surface area contributed by atoms with Gasteiger partial charge in [0.05, 0.1) is 47.7 Å². The molecule has 4 heterocycles. The number of thiazole rings is 1. The van der Waals surface area contributed by atoms with E-state index in [1.165, 1.54) is 37.0 Å². The molecule has 0 fully saturated rings. The molecule has 0 saturated carbocycles. The molecule has 11 nitrogen and oxygen atoms in total. The minimum absolute atomic E-state index is 0.112. The minimum atomic E-state index is -4.67. The summed E-state index contributed by atoms with van der Waals surface area (Å²) in [5.41, 5.74) is 1.36. The van der Waals surface area contributed by atoms with Crippen LogP contribution in [-0.2, 0) is 9.47 Å². The highest BCUT2D eigenvalue weighted by atomic mass is 32.1. The monoisotopic (exact) mass is 524 g/mol. The number of fused-ring (bicyclic) bond motifs is 1. The van der Waals surface area contributed by atoms with Crippen molar-refractivity contribution in [1.29, 1.82) is 0 Å². The fraction of sp³-hybridized carbons (Fsp3) is 0.429. The molecular weight excluding hydrogens is 501 g/mol. The summed E-state index contributed by atoms with van der Waals surface area (Å²) in [5, 5.41) is 13.5. The van der Waals surface area contributed by atoms with Crippen molar-refractivity contribution in [3.8, 4) is 0 Å². The third-order valence-electron chi connectivity index (χ3n) is 5.34. The van der Waals surface area contributed by atoms with Gasteiger partial charge >= 0.3 is 12.2 Å². The van der Waals surface area contributed by atoms with E-state index in [-0.39, 0.29) is 18.2 Å². The number of ether oxygens (including phenoxy) is 2. The zero-order valence-corrected chi connectivity index (χ0v) is 20.6. The Hall–Kier alpha value is -3.59. The Kier molecular flexibility index (Phi) is 7.21. The first-order chi connectivity index (χ1) is 17.1. The Morgan fingerprint density at radius 3 is 2.67 bits per heavy atom. The van der Waals surface area contributed by atoms with Crippen molar-refractivity contribution in [2.75, 3.05) is 19.0 Å². The number of pyridine rings is 1. The van der Waals surface area contributed by atoms with Gasteiger partial charge in [0.15, 0.2) is 5.84 Å². The molecule has 0 aliphatic carbocycles. The summed E-state index contributed by atoms with van der Waals surface area (Å²) in [7, 11) is 1.52. The molecular formula is C21H23F3N8O3S. The average Bonchev–Trinajstić information content (AvgIpc) is 3.48. The molecule has 3 aromatic rings. The quantitative estimate of drug-likeness (QED) is 0.496. The van der Waals surface area contributed by atoms with Crippen molar-refractivity contribution >= 4 is 39.2 Å². The van der Waals surface area contributed by atoms with Gasteiger partial charge in [-0.05, 0) is 20.8 Å². The van der Waals surface area contributed by atoms with Crippen molar-refractivity contribution in [3.63, 3.8) is 0 Å². The lowest BCUT2D eigenvalue weighted by atomic mass is 9.99. The highest BCUT2D eigenvalue weighted by Gasteiger charge is 2.47. The maximum Gasteiger partial charge on any atom is 0.399 e. The minimum Gasteiger partial charge on any atom is -0.477 e. The van der Waals surface area contributed by atoms with Gasteiger partial charge in [-0.3, -0.25) is 0 Å². The van der Waals surface area contributed by atoms with Crippen LogP contribution in [0.5, 0.6) is 0 Å². The van der Waals surface area contributed by atoms with Gasteiger partial charge in [0, 0.05) is 19.1 Å². The molecule has 1 unspecified atom stereocenters. The Labute approximate surface area is 207 Å². The summed E-state index contributed by atoms with van der Waals surface area (Å²) in [6.45, 7) is 5.39. The number of aryl methyl sites for hydroxylation is 1. The lowest BCUT2D eigenvalue weighted by Crippen LogP contribution is -2.41. The molecule has 2 amide bonds. The molecule has 1 aliphatic rings. The SMILES string of the molecule is CCOC1=C(NC(=O)Nc2cnc3sc(C)nc3c2[C@H](C)OC)CC(C(F)(F)F)C(n2nccn2)=N1. The summed E-state index contributed by atoms with van der Waals surface area (Å²) in [6, 6.07) is -0.795. The van der Waals surface area contributed by atoms with E-state index in [0.717, 1.165) is 9.80 Å². The summed E-state index contributed by atoms with van der Waals surface area (Å²) < 4.78 is 52.6.